The van der Waals surface area contributed by atoms with Gasteiger partial charge in [0, 0.05) is 16.5 Å². The average Bonchev–Trinajstić information content (AvgIpc) is 2.99. The van der Waals surface area contributed by atoms with Gasteiger partial charge in [0.15, 0.2) is 0 Å². The fourth-order valence-electron chi connectivity index (χ4n) is 2.80. The van der Waals surface area contributed by atoms with Crippen molar-refractivity contribution in [3.8, 4) is 0 Å². The van der Waals surface area contributed by atoms with Crippen molar-refractivity contribution in [2.24, 2.45) is 0 Å². The van der Waals surface area contributed by atoms with Crippen LogP contribution in [-0.4, -0.2) is 41.2 Å². The lowest BCUT2D eigenvalue weighted by molar-refractivity contribution is -0.118. The van der Waals surface area contributed by atoms with Crippen molar-refractivity contribution in [2.45, 2.75) is 43.0 Å². The smallest absolute Gasteiger partial charge is 0.252 e. The van der Waals surface area contributed by atoms with Crippen LogP contribution in [0, 0.1) is 0 Å². The average molecular weight is 319 g/mol. The van der Waals surface area contributed by atoms with E-state index < -0.39 is 0 Å². The van der Waals surface area contributed by atoms with Gasteiger partial charge in [0.05, 0.1) is 5.69 Å². The number of carbonyl (C=O) groups is 2. The number of hydrogen-bond donors (Lipinski definition) is 2. The van der Waals surface area contributed by atoms with Gasteiger partial charge in [-0.1, -0.05) is 11.8 Å². The van der Waals surface area contributed by atoms with Crippen LogP contribution in [0.1, 0.15) is 37.0 Å². The molecule has 2 amide bonds. The molecule has 1 atom stereocenters. The van der Waals surface area contributed by atoms with E-state index in [1.807, 2.05) is 26.0 Å². The maximum atomic E-state index is 12.3. The fourth-order valence-corrected chi connectivity index (χ4v) is 3.95. The summed E-state index contributed by atoms with van der Waals surface area (Å²) in [5, 5.41) is 5.67. The standard InChI is InChI=1S/C16H21N3O2S/c1-10(2)17-14(20)11-5-6-13-12(9-11)18-15(21)16(22-13)19-7-3-4-8-19/h5-6,9-10,16H,3-4,7-8H2,1-2H3,(H,17,20)(H,18,21). The molecule has 22 heavy (non-hydrogen) atoms. The highest BCUT2D eigenvalue weighted by atomic mass is 32.2. The molecule has 2 N–H and O–H groups in total. The van der Waals surface area contributed by atoms with Gasteiger partial charge in [-0.2, -0.15) is 0 Å². The normalized spacial score (nSPS) is 21.6. The van der Waals surface area contributed by atoms with Gasteiger partial charge in [-0.05, 0) is 58.0 Å². The van der Waals surface area contributed by atoms with E-state index in [-0.39, 0.29) is 23.2 Å². The molecule has 2 aliphatic heterocycles. The molecule has 3 rings (SSSR count). The van der Waals surface area contributed by atoms with Crippen LogP contribution in [0.3, 0.4) is 0 Å². The third-order valence-corrected chi connectivity index (χ3v) is 5.20. The minimum absolute atomic E-state index is 0.0146. The zero-order valence-corrected chi connectivity index (χ0v) is 13.7. The summed E-state index contributed by atoms with van der Waals surface area (Å²) in [5.74, 6) is -0.0977. The molecule has 1 fully saturated rings. The van der Waals surface area contributed by atoms with Crippen LogP contribution in [0.25, 0.3) is 0 Å². The van der Waals surface area contributed by atoms with E-state index >= 15 is 0 Å². The predicted molar refractivity (Wildman–Crippen MR) is 88.1 cm³/mol. The molecule has 1 aromatic rings. The third-order valence-electron chi connectivity index (χ3n) is 3.85. The Bertz CT molecular complexity index is 597. The van der Waals surface area contributed by atoms with Crippen molar-refractivity contribution in [3.05, 3.63) is 23.8 Å². The Labute approximate surface area is 134 Å². The number of benzene rings is 1. The molecule has 2 aliphatic rings. The first-order valence-corrected chi connectivity index (χ1v) is 8.59. The number of rotatable bonds is 3. The van der Waals surface area contributed by atoms with Crippen LogP contribution in [0.15, 0.2) is 23.1 Å². The molecule has 0 spiro atoms. The van der Waals surface area contributed by atoms with E-state index in [4.69, 9.17) is 0 Å². The minimum atomic E-state index is -0.148. The third kappa shape index (κ3) is 3.13. The topological polar surface area (TPSA) is 61.4 Å². The van der Waals surface area contributed by atoms with Crippen LogP contribution in [0.2, 0.25) is 0 Å². The van der Waals surface area contributed by atoms with Gasteiger partial charge in [0.1, 0.15) is 5.37 Å². The summed E-state index contributed by atoms with van der Waals surface area (Å²) in [4.78, 5) is 27.6. The summed E-state index contributed by atoms with van der Waals surface area (Å²) in [6.07, 6.45) is 2.32. The SMILES string of the molecule is CC(C)NC(=O)c1ccc2c(c1)NC(=O)C(N1CCCC1)S2. The first kappa shape index (κ1) is 15.4. The first-order valence-electron chi connectivity index (χ1n) is 7.71. The Morgan fingerprint density at radius 3 is 2.77 bits per heavy atom. The maximum absolute atomic E-state index is 12.3. The number of anilines is 1. The van der Waals surface area contributed by atoms with Crippen LogP contribution in [0.5, 0.6) is 0 Å². The highest BCUT2D eigenvalue weighted by Gasteiger charge is 2.33. The fraction of sp³-hybridized carbons (Fsp3) is 0.500. The molecule has 0 aromatic heterocycles. The zero-order valence-electron chi connectivity index (χ0n) is 12.9. The lowest BCUT2D eigenvalue weighted by atomic mass is 10.1. The number of nitrogens with one attached hydrogen (secondary N) is 2. The predicted octanol–water partition coefficient (Wildman–Crippen LogP) is 2.29. The molecule has 1 unspecified atom stereocenters. The molecular weight excluding hydrogens is 298 g/mol. The van der Waals surface area contributed by atoms with Gasteiger partial charge in [-0.3, -0.25) is 14.5 Å². The largest absolute Gasteiger partial charge is 0.350 e. The monoisotopic (exact) mass is 319 g/mol. The van der Waals surface area contributed by atoms with Gasteiger partial charge in [-0.25, -0.2) is 0 Å². The van der Waals surface area contributed by atoms with Gasteiger partial charge >= 0.3 is 0 Å². The second-order valence-electron chi connectivity index (χ2n) is 6.04. The van der Waals surface area contributed by atoms with Crippen molar-refractivity contribution in [1.82, 2.24) is 10.2 Å². The highest BCUT2D eigenvalue weighted by Crippen LogP contribution is 2.38. The molecule has 6 heteroatoms. The summed E-state index contributed by atoms with van der Waals surface area (Å²) in [7, 11) is 0. The van der Waals surface area contributed by atoms with Crippen molar-refractivity contribution < 1.29 is 9.59 Å². The summed E-state index contributed by atoms with van der Waals surface area (Å²) in [6, 6.07) is 5.60. The van der Waals surface area contributed by atoms with Crippen LogP contribution >= 0.6 is 11.8 Å². The summed E-state index contributed by atoms with van der Waals surface area (Å²) >= 11 is 1.58. The molecule has 0 saturated carbocycles. The Morgan fingerprint density at radius 2 is 2.09 bits per heavy atom. The van der Waals surface area contributed by atoms with E-state index in [9.17, 15) is 9.59 Å². The number of hydrogen-bond acceptors (Lipinski definition) is 4. The van der Waals surface area contributed by atoms with Gasteiger partial charge in [0.25, 0.3) is 11.8 Å². The molecule has 0 aliphatic carbocycles. The second kappa shape index (κ2) is 6.30. The van der Waals surface area contributed by atoms with Crippen LogP contribution < -0.4 is 10.6 Å². The van der Waals surface area contributed by atoms with Gasteiger partial charge in [-0.15, -0.1) is 0 Å². The Balaban J connectivity index is 1.79. The number of nitrogens with zero attached hydrogens (tertiary/aromatic N) is 1. The number of fused-ring (bicyclic) bond motifs is 1. The van der Waals surface area contributed by atoms with Crippen molar-refractivity contribution >= 4 is 29.3 Å². The first-order chi connectivity index (χ1) is 10.5. The van der Waals surface area contributed by atoms with Crippen LogP contribution in [-0.2, 0) is 4.79 Å². The van der Waals surface area contributed by atoms with E-state index in [0.717, 1.165) is 36.5 Å². The molecule has 118 valence electrons. The molecule has 0 radical (unpaired) electrons. The molecule has 5 nitrogen and oxygen atoms in total. The zero-order chi connectivity index (χ0) is 15.7. The van der Waals surface area contributed by atoms with E-state index in [1.165, 1.54) is 0 Å². The number of amides is 2. The van der Waals surface area contributed by atoms with Crippen molar-refractivity contribution in [2.75, 3.05) is 18.4 Å². The van der Waals surface area contributed by atoms with E-state index in [0.29, 0.717) is 5.56 Å². The van der Waals surface area contributed by atoms with Crippen molar-refractivity contribution in [1.29, 1.82) is 0 Å². The summed E-state index contributed by atoms with van der Waals surface area (Å²) < 4.78 is 0. The van der Waals surface area contributed by atoms with E-state index in [1.54, 1.807) is 17.8 Å². The Morgan fingerprint density at radius 1 is 1.36 bits per heavy atom. The summed E-state index contributed by atoms with van der Waals surface area (Å²) in [6.45, 7) is 5.81. The Hall–Kier alpha value is -1.53. The van der Waals surface area contributed by atoms with E-state index in [2.05, 4.69) is 15.5 Å². The van der Waals surface area contributed by atoms with Gasteiger partial charge in [0.2, 0.25) is 0 Å². The van der Waals surface area contributed by atoms with Crippen LogP contribution in [0.4, 0.5) is 5.69 Å². The lowest BCUT2D eigenvalue weighted by Crippen LogP contribution is -2.42. The molecule has 2 heterocycles. The Kier molecular flexibility index (Phi) is 4.40. The number of likely N-dealkylation sites (tertiary alicyclic amines) is 1. The molecule has 1 saturated heterocycles. The maximum Gasteiger partial charge on any atom is 0.252 e. The molecular formula is C16H21N3O2S. The number of thioether (sulfide) groups is 1. The number of carbonyl (C=O) groups excluding carboxylic acids is 2. The molecule has 1 aromatic carbocycles. The highest BCUT2D eigenvalue weighted by molar-refractivity contribution is 8.00. The summed E-state index contributed by atoms with van der Waals surface area (Å²) in [5.41, 5.74) is 1.31. The quantitative estimate of drug-likeness (QED) is 0.897. The lowest BCUT2D eigenvalue weighted by Gasteiger charge is -2.30. The van der Waals surface area contributed by atoms with Gasteiger partial charge < -0.3 is 10.6 Å². The minimum Gasteiger partial charge on any atom is -0.350 e. The second-order valence-corrected chi connectivity index (χ2v) is 7.16. The van der Waals surface area contributed by atoms with Crippen molar-refractivity contribution in [3.63, 3.8) is 0 Å². The molecule has 0 bridgehead atoms.